The Morgan fingerprint density at radius 2 is 2.44 bits per heavy atom. The maximum atomic E-state index is 3.93. The molecule has 0 bridgehead atoms. The number of likely N-dealkylation sites (tertiary alicyclic amines) is 1. The van der Waals surface area contributed by atoms with Crippen molar-refractivity contribution in [3.05, 3.63) is 7.05 Å². The summed E-state index contributed by atoms with van der Waals surface area (Å²) in [6.45, 7) is 4.69. The molecule has 0 aromatic heterocycles. The SMILES string of the molecule is [CH2]N1CCCC(CC)C1. The van der Waals surface area contributed by atoms with Gasteiger partial charge in [-0.25, -0.2) is 0 Å². The Morgan fingerprint density at radius 1 is 1.67 bits per heavy atom. The Balaban J connectivity index is 2.23. The van der Waals surface area contributed by atoms with Crippen molar-refractivity contribution in [1.82, 2.24) is 4.90 Å². The molecule has 1 saturated heterocycles. The van der Waals surface area contributed by atoms with Crippen LogP contribution in [-0.2, 0) is 0 Å². The average Bonchev–Trinajstić information content (AvgIpc) is 1.88. The van der Waals surface area contributed by atoms with Gasteiger partial charge < -0.3 is 4.90 Å². The van der Waals surface area contributed by atoms with Crippen LogP contribution in [-0.4, -0.2) is 18.0 Å². The third-order valence-electron chi connectivity index (χ3n) is 2.18. The summed E-state index contributed by atoms with van der Waals surface area (Å²) in [6.07, 6.45) is 4.09. The second-order valence-corrected chi connectivity index (χ2v) is 2.99. The highest BCUT2D eigenvalue weighted by atomic mass is 15.1. The molecule has 9 heavy (non-hydrogen) atoms. The van der Waals surface area contributed by atoms with Crippen LogP contribution in [0.3, 0.4) is 0 Å². The van der Waals surface area contributed by atoms with Crippen molar-refractivity contribution in [2.75, 3.05) is 13.1 Å². The lowest BCUT2D eigenvalue weighted by atomic mass is 9.96. The van der Waals surface area contributed by atoms with E-state index in [1.54, 1.807) is 0 Å². The molecule has 0 amide bonds. The molecular weight excluding hydrogens is 110 g/mol. The zero-order chi connectivity index (χ0) is 6.69. The molecule has 0 N–H and O–H groups in total. The number of piperidine rings is 1. The summed E-state index contributed by atoms with van der Waals surface area (Å²) in [5, 5.41) is 0. The zero-order valence-electron chi connectivity index (χ0n) is 6.27. The average molecular weight is 126 g/mol. The Hall–Kier alpha value is -0.0400. The van der Waals surface area contributed by atoms with E-state index < -0.39 is 0 Å². The van der Waals surface area contributed by atoms with Gasteiger partial charge in [0.25, 0.3) is 0 Å². The molecular formula is C8H16N. The minimum atomic E-state index is 0.927. The molecule has 1 unspecified atom stereocenters. The van der Waals surface area contributed by atoms with E-state index in [0.717, 1.165) is 5.92 Å². The summed E-state index contributed by atoms with van der Waals surface area (Å²) < 4.78 is 0. The molecule has 1 aliphatic heterocycles. The normalized spacial score (nSPS) is 30.7. The van der Waals surface area contributed by atoms with Gasteiger partial charge in [0.05, 0.1) is 0 Å². The first kappa shape index (κ1) is 7.07. The summed E-state index contributed by atoms with van der Waals surface area (Å²) in [4.78, 5) is 2.19. The predicted octanol–water partition coefficient (Wildman–Crippen LogP) is 1.90. The largest absolute Gasteiger partial charge is 0.302 e. The van der Waals surface area contributed by atoms with Gasteiger partial charge >= 0.3 is 0 Å². The van der Waals surface area contributed by atoms with Crippen molar-refractivity contribution < 1.29 is 0 Å². The minimum Gasteiger partial charge on any atom is -0.302 e. The van der Waals surface area contributed by atoms with Crippen LogP contribution in [0.4, 0.5) is 0 Å². The fraction of sp³-hybridized carbons (Fsp3) is 0.875. The van der Waals surface area contributed by atoms with Crippen LogP contribution in [0.15, 0.2) is 0 Å². The molecule has 1 heteroatoms. The molecule has 0 aromatic carbocycles. The summed E-state index contributed by atoms with van der Waals surface area (Å²) in [5.74, 6) is 0.927. The first-order chi connectivity index (χ1) is 4.33. The second kappa shape index (κ2) is 3.21. The molecule has 1 atom stereocenters. The van der Waals surface area contributed by atoms with Crippen molar-refractivity contribution in [2.24, 2.45) is 5.92 Å². The van der Waals surface area contributed by atoms with E-state index in [1.165, 1.54) is 32.4 Å². The van der Waals surface area contributed by atoms with E-state index in [9.17, 15) is 0 Å². The van der Waals surface area contributed by atoms with Crippen molar-refractivity contribution in [1.29, 1.82) is 0 Å². The number of nitrogens with zero attached hydrogens (tertiary/aromatic N) is 1. The smallest absolute Gasteiger partial charge is 0.0109 e. The highest BCUT2D eigenvalue weighted by molar-refractivity contribution is 4.70. The van der Waals surface area contributed by atoms with Crippen molar-refractivity contribution in [2.45, 2.75) is 26.2 Å². The molecule has 0 aliphatic carbocycles. The lowest BCUT2D eigenvalue weighted by molar-refractivity contribution is 0.226. The fourth-order valence-electron chi connectivity index (χ4n) is 1.48. The van der Waals surface area contributed by atoms with E-state index in [1.807, 2.05) is 0 Å². The van der Waals surface area contributed by atoms with Crippen molar-refractivity contribution in [3.63, 3.8) is 0 Å². The van der Waals surface area contributed by atoms with Crippen LogP contribution in [0.25, 0.3) is 0 Å². The second-order valence-electron chi connectivity index (χ2n) is 2.99. The standard InChI is InChI=1S/C8H16N/c1-3-8-5-4-6-9(2)7-8/h8H,2-7H2,1H3. The lowest BCUT2D eigenvalue weighted by Crippen LogP contribution is -2.29. The van der Waals surface area contributed by atoms with Gasteiger partial charge in [0.15, 0.2) is 0 Å². The quantitative estimate of drug-likeness (QED) is 0.518. The topological polar surface area (TPSA) is 3.24 Å². The molecule has 1 fully saturated rings. The first-order valence-corrected chi connectivity index (χ1v) is 3.88. The van der Waals surface area contributed by atoms with Gasteiger partial charge in [0.1, 0.15) is 0 Å². The van der Waals surface area contributed by atoms with Crippen molar-refractivity contribution >= 4 is 0 Å². The van der Waals surface area contributed by atoms with Crippen LogP contribution in [0, 0.1) is 13.0 Å². The summed E-state index contributed by atoms with van der Waals surface area (Å²) in [5.41, 5.74) is 0. The fourth-order valence-corrected chi connectivity index (χ4v) is 1.48. The molecule has 53 valence electrons. The molecule has 1 nitrogen and oxygen atoms in total. The summed E-state index contributed by atoms with van der Waals surface area (Å²) >= 11 is 0. The van der Waals surface area contributed by atoms with Gasteiger partial charge in [-0.05, 0) is 25.3 Å². The van der Waals surface area contributed by atoms with Crippen molar-refractivity contribution in [3.8, 4) is 0 Å². The first-order valence-electron chi connectivity index (χ1n) is 3.88. The van der Waals surface area contributed by atoms with Gasteiger partial charge in [-0.15, -0.1) is 0 Å². The maximum Gasteiger partial charge on any atom is 0.0109 e. The van der Waals surface area contributed by atoms with E-state index in [-0.39, 0.29) is 0 Å². The molecule has 1 radical (unpaired) electrons. The maximum absolute atomic E-state index is 3.93. The van der Waals surface area contributed by atoms with Crippen LogP contribution >= 0.6 is 0 Å². The summed E-state index contributed by atoms with van der Waals surface area (Å²) in [6, 6.07) is 0. The molecule has 0 spiro atoms. The molecule has 1 heterocycles. The minimum absolute atomic E-state index is 0.927. The molecule has 0 saturated carbocycles. The highest BCUT2D eigenvalue weighted by Gasteiger charge is 2.14. The predicted molar refractivity (Wildman–Crippen MR) is 39.9 cm³/mol. The Morgan fingerprint density at radius 3 is 2.89 bits per heavy atom. The van der Waals surface area contributed by atoms with Gasteiger partial charge in [-0.2, -0.15) is 0 Å². The zero-order valence-corrected chi connectivity index (χ0v) is 6.27. The summed E-state index contributed by atoms with van der Waals surface area (Å²) in [7, 11) is 3.93. The van der Waals surface area contributed by atoms with E-state index in [4.69, 9.17) is 0 Å². The third kappa shape index (κ3) is 1.98. The number of rotatable bonds is 1. The lowest BCUT2D eigenvalue weighted by Gasteiger charge is -2.28. The van der Waals surface area contributed by atoms with Crippen LogP contribution in [0.2, 0.25) is 0 Å². The van der Waals surface area contributed by atoms with Gasteiger partial charge in [-0.1, -0.05) is 13.3 Å². The molecule has 1 aliphatic rings. The van der Waals surface area contributed by atoms with Crippen LogP contribution in [0.1, 0.15) is 26.2 Å². The van der Waals surface area contributed by atoms with Crippen LogP contribution < -0.4 is 0 Å². The number of hydrogen-bond donors (Lipinski definition) is 0. The Kier molecular flexibility index (Phi) is 2.52. The van der Waals surface area contributed by atoms with Crippen LogP contribution in [0.5, 0.6) is 0 Å². The van der Waals surface area contributed by atoms with E-state index in [2.05, 4.69) is 18.9 Å². The van der Waals surface area contributed by atoms with Gasteiger partial charge in [0.2, 0.25) is 0 Å². The monoisotopic (exact) mass is 126 g/mol. The third-order valence-corrected chi connectivity index (χ3v) is 2.18. The molecule has 0 aromatic rings. The Bertz CT molecular complexity index is 80.6. The van der Waals surface area contributed by atoms with E-state index in [0.29, 0.717) is 0 Å². The number of hydrogen-bond acceptors (Lipinski definition) is 1. The highest BCUT2D eigenvalue weighted by Crippen LogP contribution is 2.17. The van der Waals surface area contributed by atoms with Gasteiger partial charge in [0, 0.05) is 13.6 Å². The molecule has 1 rings (SSSR count). The van der Waals surface area contributed by atoms with Gasteiger partial charge in [-0.3, -0.25) is 0 Å². The Labute approximate surface area is 58.0 Å². The van der Waals surface area contributed by atoms with E-state index >= 15 is 0 Å².